The van der Waals surface area contributed by atoms with Crippen molar-refractivity contribution in [2.75, 3.05) is 0 Å². The zero-order valence-electron chi connectivity index (χ0n) is 40.4. The van der Waals surface area contributed by atoms with Crippen molar-refractivity contribution in [2.45, 2.75) is 0 Å². The van der Waals surface area contributed by atoms with Gasteiger partial charge in [-0.05, 0) is 81.9 Å². The predicted octanol–water partition coefficient (Wildman–Crippen LogP) is 18.4. The fourth-order valence-electron chi connectivity index (χ4n) is 11.1. The SMILES string of the molecule is c1ccc(-c2ccc(-c3cc(-c4nc(-c5ccccc5)nc(-c5ccccc5)n4)cc(-c4ccc(-c5ccccc5)cc4)c3-n3c4ccccc4c4c5oc6ccc7c8ccccc8oc7c6c5ccc43)cc2)cc1. The van der Waals surface area contributed by atoms with Crippen molar-refractivity contribution < 1.29 is 8.83 Å². The number of hydrogen-bond donors (Lipinski definition) is 0. The number of aromatic nitrogens is 4. The first-order chi connectivity index (χ1) is 37.2. The molecule has 0 fully saturated rings. The lowest BCUT2D eigenvalue weighted by atomic mass is 9.91. The predicted molar refractivity (Wildman–Crippen MR) is 307 cm³/mol. The van der Waals surface area contributed by atoms with E-state index < -0.39 is 0 Å². The lowest BCUT2D eigenvalue weighted by molar-refractivity contribution is 0.665. The minimum atomic E-state index is 0.571. The van der Waals surface area contributed by atoms with E-state index in [1.807, 2.05) is 48.5 Å². The molecule has 75 heavy (non-hydrogen) atoms. The van der Waals surface area contributed by atoms with Crippen LogP contribution in [-0.2, 0) is 0 Å². The molecule has 4 aromatic heterocycles. The summed E-state index contributed by atoms with van der Waals surface area (Å²) >= 11 is 0. The first-order valence-electron chi connectivity index (χ1n) is 25.2. The van der Waals surface area contributed by atoms with Gasteiger partial charge in [-0.15, -0.1) is 0 Å². The third kappa shape index (κ3) is 7.07. The highest BCUT2D eigenvalue weighted by molar-refractivity contribution is 6.29. The minimum Gasteiger partial charge on any atom is -0.455 e. The van der Waals surface area contributed by atoms with Gasteiger partial charge in [0.05, 0.1) is 27.5 Å². The maximum absolute atomic E-state index is 7.04. The fraction of sp³-hybridized carbons (Fsp3) is 0. The Morgan fingerprint density at radius 3 is 1.27 bits per heavy atom. The van der Waals surface area contributed by atoms with Gasteiger partial charge in [0.15, 0.2) is 17.5 Å². The molecule has 0 aliphatic carbocycles. The quantitative estimate of drug-likeness (QED) is 0.152. The van der Waals surface area contributed by atoms with Crippen LogP contribution in [0.2, 0.25) is 0 Å². The second-order valence-electron chi connectivity index (χ2n) is 19.0. The molecule has 0 atom stereocenters. The minimum absolute atomic E-state index is 0.571. The Morgan fingerprint density at radius 1 is 0.267 bits per heavy atom. The van der Waals surface area contributed by atoms with Gasteiger partial charge in [0.1, 0.15) is 22.3 Å². The molecule has 0 amide bonds. The largest absolute Gasteiger partial charge is 0.455 e. The van der Waals surface area contributed by atoms with Gasteiger partial charge >= 0.3 is 0 Å². The molecule has 0 unspecified atom stereocenters. The molecular formula is C69H42N4O2. The standard InChI is InChI=1S/C69H42N4O2/c1-5-17-43(18-6-1)45-29-33-47(34-30-45)56-41-51(69-71-67(49-21-9-3-10-22-49)70-68(72-69)50-23-11-4-12-24-50)42-57(48-35-31-46(32-36-48)44-19-7-2-8-20-44)64(56)73-58-27-15-13-26-54(58)62-59(73)39-37-55-63-61(75-66(55)62)40-38-53-52-25-14-16-28-60(52)74-65(53)63/h1-42H. The number of rotatable bonds is 8. The van der Waals surface area contributed by atoms with E-state index in [4.69, 9.17) is 23.8 Å². The highest BCUT2D eigenvalue weighted by Crippen LogP contribution is 2.48. The van der Waals surface area contributed by atoms with Crippen molar-refractivity contribution in [3.05, 3.63) is 255 Å². The normalized spacial score (nSPS) is 11.7. The van der Waals surface area contributed by atoms with Crippen molar-refractivity contribution in [3.63, 3.8) is 0 Å². The van der Waals surface area contributed by atoms with E-state index in [0.29, 0.717) is 17.5 Å². The summed E-state index contributed by atoms with van der Waals surface area (Å²) in [6, 6.07) is 89.4. The maximum Gasteiger partial charge on any atom is 0.164 e. The van der Waals surface area contributed by atoms with E-state index >= 15 is 0 Å². The molecule has 6 heteroatoms. The molecule has 15 rings (SSSR count). The average Bonchev–Trinajstić information content (AvgIpc) is 4.21. The van der Waals surface area contributed by atoms with Crippen molar-refractivity contribution >= 4 is 65.7 Å². The van der Waals surface area contributed by atoms with Crippen LogP contribution in [0.4, 0.5) is 0 Å². The van der Waals surface area contributed by atoms with Gasteiger partial charge in [0.25, 0.3) is 0 Å². The molecule has 350 valence electrons. The van der Waals surface area contributed by atoms with E-state index in [1.54, 1.807) is 0 Å². The number of para-hydroxylation sites is 2. The van der Waals surface area contributed by atoms with Crippen molar-refractivity contribution in [3.8, 4) is 84.4 Å². The van der Waals surface area contributed by atoms with Gasteiger partial charge in [-0.3, -0.25) is 0 Å². The van der Waals surface area contributed by atoms with E-state index in [2.05, 4.69) is 211 Å². The summed E-state index contributed by atoms with van der Waals surface area (Å²) in [7, 11) is 0. The number of hydrogen-bond acceptors (Lipinski definition) is 5. The first-order valence-corrected chi connectivity index (χ1v) is 25.2. The Morgan fingerprint density at radius 2 is 0.693 bits per heavy atom. The fourth-order valence-corrected chi connectivity index (χ4v) is 11.1. The summed E-state index contributed by atoms with van der Waals surface area (Å²) in [5.74, 6) is 1.77. The number of benzene rings is 11. The Kier molecular flexibility index (Phi) is 9.78. The monoisotopic (exact) mass is 958 g/mol. The average molecular weight is 959 g/mol. The topological polar surface area (TPSA) is 69.9 Å². The van der Waals surface area contributed by atoms with Crippen molar-refractivity contribution in [2.24, 2.45) is 0 Å². The first kappa shape index (κ1) is 42.5. The third-order valence-corrected chi connectivity index (χ3v) is 14.7. The number of fused-ring (bicyclic) bond motifs is 11. The van der Waals surface area contributed by atoms with E-state index in [0.717, 1.165) is 133 Å². The zero-order valence-corrected chi connectivity index (χ0v) is 40.4. The molecule has 11 aromatic carbocycles. The summed E-state index contributed by atoms with van der Waals surface area (Å²) in [6.07, 6.45) is 0. The van der Waals surface area contributed by atoms with E-state index in [1.165, 1.54) is 0 Å². The second kappa shape index (κ2) is 17.3. The Hall–Kier alpha value is -10.2. The van der Waals surface area contributed by atoms with E-state index in [9.17, 15) is 0 Å². The summed E-state index contributed by atoms with van der Waals surface area (Å²) in [5, 5.41) is 6.24. The van der Waals surface area contributed by atoms with Crippen LogP contribution in [0, 0.1) is 0 Å². The summed E-state index contributed by atoms with van der Waals surface area (Å²) < 4.78 is 16.1. The van der Waals surface area contributed by atoms with Crippen LogP contribution in [0.3, 0.4) is 0 Å². The van der Waals surface area contributed by atoms with Crippen molar-refractivity contribution in [1.82, 2.24) is 19.5 Å². The Balaban J connectivity index is 1.05. The van der Waals surface area contributed by atoms with Crippen LogP contribution in [0.5, 0.6) is 0 Å². The molecule has 0 aliphatic rings. The molecule has 0 radical (unpaired) electrons. The van der Waals surface area contributed by atoms with Gasteiger partial charge in [-0.25, -0.2) is 15.0 Å². The van der Waals surface area contributed by atoms with Gasteiger partial charge in [-0.2, -0.15) is 0 Å². The van der Waals surface area contributed by atoms with Gasteiger partial charge in [-0.1, -0.05) is 206 Å². The van der Waals surface area contributed by atoms with Crippen LogP contribution in [0.25, 0.3) is 150 Å². The highest BCUT2D eigenvalue weighted by atomic mass is 16.3. The Labute approximate surface area is 431 Å². The molecule has 0 saturated carbocycles. The summed E-state index contributed by atoms with van der Waals surface area (Å²) in [6.45, 7) is 0. The molecule has 6 nitrogen and oxygen atoms in total. The zero-order chi connectivity index (χ0) is 49.4. The molecule has 0 saturated heterocycles. The summed E-state index contributed by atoms with van der Waals surface area (Å²) in [4.78, 5) is 15.7. The molecule has 0 spiro atoms. The van der Waals surface area contributed by atoms with Crippen LogP contribution in [-0.4, -0.2) is 19.5 Å². The summed E-state index contributed by atoms with van der Waals surface area (Å²) in [5.41, 5.74) is 17.7. The molecule has 4 heterocycles. The molecule has 15 aromatic rings. The second-order valence-corrected chi connectivity index (χ2v) is 19.0. The molecular weight excluding hydrogens is 917 g/mol. The third-order valence-electron chi connectivity index (χ3n) is 14.7. The van der Waals surface area contributed by atoms with Gasteiger partial charge < -0.3 is 13.4 Å². The smallest absolute Gasteiger partial charge is 0.164 e. The molecule has 0 bridgehead atoms. The van der Waals surface area contributed by atoms with E-state index in [-0.39, 0.29) is 0 Å². The lowest BCUT2D eigenvalue weighted by Gasteiger charge is -2.21. The Bertz CT molecular complexity index is 4500. The maximum atomic E-state index is 7.04. The molecule has 0 N–H and O–H groups in total. The highest BCUT2D eigenvalue weighted by Gasteiger charge is 2.26. The molecule has 0 aliphatic heterocycles. The van der Waals surface area contributed by atoms with Crippen LogP contribution in [0.1, 0.15) is 0 Å². The number of nitrogens with zero attached hydrogens (tertiary/aromatic N) is 4. The van der Waals surface area contributed by atoms with Crippen LogP contribution in [0.15, 0.2) is 264 Å². The van der Waals surface area contributed by atoms with Crippen LogP contribution < -0.4 is 0 Å². The number of furan rings is 2. The van der Waals surface area contributed by atoms with Crippen LogP contribution >= 0.6 is 0 Å². The van der Waals surface area contributed by atoms with Gasteiger partial charge in [0.2, 0.25) is 0 Å². The van der Waals surface area contributed by atoms with Crippen molar-refractivity contribution in [1.29, 1.82) is 0 Å². The van der Waals surface area contributed by atoms with Gasteiger partial charge in [0, 0.05) is 49.4 Å². The lowest BCUT2D eigenvalue weighted by Crippen LogP contribution is -2.04.